The van der Waals surface area contributed by atoms with Gasteiger partial charge in [-0.3, -0.25) is 4.79 Å². The second-order valence-electron chi connectivity index (χ2n) is 4.76. The minimum absolute atomic E-state index is 0.104. The summed E-state index contributed by atoms with van der Waals surface area (Å²) in [5, 5.41) is -0.684. The molecule has 6 heteroatoms. The normalized spacial score (nSPS) is 21.4. The van der Waals surface area contributed by atoms with Gasteiger partial charge in [-0.1, -0.05) is 0 Å². The van der Waals surface area contributed by atoms with Crippen LogP contribution in [0.1, 0.15) is 24.2 Å². The van der Waals surface area contributed by atoms with Gasteiger partial charge >= 0.3 is 0 Å². The smallest absolute Gasteiger partial charge is 0.240 e. The summed E-state index contributed by atoms with van der Waals surface area (Å²) >= 11 is 7.36. The van der Waals surface area contributed by atoms with E-state index in [-0.39, 0.29) is 11.2 Å². The lowest BCUT2D eigenvalue weighted by molar-refractivity contribution is -0.130. The average Bonchev–Trinajstić information content (AvgIpc) is 2.66. The van der Waals surface area contributed by atoms with Crippen LogP contribution in [-0.4, -0.2) is 35.0 Å². The molecule has 1 aliphatic heterocycles. The number of nitrogens with zero attached hydrogens (tertiary/aromatic N) is 1. The van der Waals surface area contributed by atoms with Crippen molar-refractivity contribution in [3.63, 3.8) is 0 Å². The molecule has 1 aromatic carbocycles. The van der Waals surface area contributed by atoms with Gasteiger partial charge in [0, 0.05) is 29.7 Å². The van der Waals surface area contributed by atoms with Crippen molar-refractivity contribution in [3.05, 3.63) is 35.4 Å². The van der Waals surface area contributed by atoms with Gasteiger partial charge < -0.3 is 4.90 Å². The van der Waals surface area contributed by atoms with Crippen molar-refractivity contribution in [2.75, 3.05) is 18.8 Å². The molecule has 1 aliphatic rings. The molecule has 0 N–H and O–H groups in total. The van der Waals surface area contributed by atoms with Crippen molar-refractivity contribution in [2.45, 2.75) is 24.0 Å². The summed E-state index contributed by atoms with van der Waals surface area (Å²) in [7, 11) is 0. The van der Waals surface area contributed by atoms with E-state index in [2.05, 4.69) is 0 Å². The lowest BCUT2D eigenvalue weighted by atomic mass is 10.1. The van der Waals surface area contributed by atoms with Gasteiger partial charge in [0.05, 0.1) is 0 Å². The van der Waals surface area contributed by atoms with Crippen LogP contribution < -0.4 is 0 Å². The van der Waals surface area contributed by atoms with Gasteiger partial charge in [-0.15, -0.1) is 11.6 Å². The highest BCUT2D eigenvalue weighted by Gasteiger charge is 2.25. The fraction of sp³-hybridized carbons (Fsp3) is 0.500. The van der Waals surface area contributed by atoms with E-state index >= 15 is 0 Å². The lowest BCUT2D eigenvalue weighted by Crippen LogP contribution is -2.37. The van der Waals surface area contributed by atoms with E-state index in [0.717, 1.165) is 12.1 Å². The summed E-state index contributed by atoms with van der Waals surface area (Å²) in [6, 6.07) is 3.51. The van der Waals surface area contributed by atoms with Crippen LogP contribution in [0.2, 0.25) is 0 Å². The molecule has 110 valence electrons. The summed E-state index contributed by atoms with van der Waals surface area (Å²) < 4.78 is 27.0. The Hall–Kier alpha value is -0.810. The number of carbonyl (C=O) groups is 1. The van der Waals surface area contributed by atoms with Gasteiger partial charge in [0.1, 0.15) is 17.0 Å². The zero-order chi connectivity index (χ0) is 14.7. The average molecular weight is 320 g/mol. The van der Waals surface area contributed by atoms with Crippen molar-refractivity contribution in [1.29, 1.82) is 0 Å². The Bertz CT molecular complexity index is 498. The number of hydrogen-bond donors (Lipinski definition) is 0. The Kier molecular flexibility index (Phi) is 5.27. The van der Waals surface area contributed by atoms with Crippen molar-refractivity contribution >= 4 is 29.3 Å². The van der Waals surface area contributed by atoms with Gasteiger partial charge in [-0.25, -0.2) is 8.78 Å². The number of halogens is 3. The maximum Gasteiger partial charge on any atom is 0.240 e. The first-order valence-electron chi connectivity index (χ1n) is 6.48. The number of hydrogen-bond acceptors (Lipinski definition) is 2. The zero-order valence-electron chi connectivity index (χ0n) is 11.1. The van der Waals surface area contributed by atoms with E-state index in [1.54, 1.807) is 23.6 Å². The van der Waals surface area contributed by atoms with E-state index in [4.69, 9.17) is 11.6 Å². The predicted molar refractivity (Wildman–Crippen MR) is 78.1 cm³/mol. The minimum atomic E-state index is -0.553. The van der Waals surface area contributed by atoms with Crippen molar-refractivity contribution in [1.82, 2.24) is 4.90 Å². The molecule has 0 saturated carbocycles. The summed E-state index contributed by atoms with van der Waals surface area (Å²) in [5.41, 5.74) is 0.378. The Labute approximate surface area is 126 Å². The fourth-order valence-corrected chi connectivity index (χ4v) is 3.63. The molecule has 1 saturated heterocycles. The second kappa shape index (κ2) is 6.76. The topological polar surface area (TPSA) is 20.3 Å². The molecule has 0 aliphatic carbocycles. The maximum atomic E-state index is 13.8. The number of carbonyl (C=O) groups excluding carboxylic acids is 1. The highest BCUT2D eigenvalue weighted by Crippen LogP contribution is 2.36. The standard InChI is InChI=1S/C14H16ClF2NOS/c1-9(15)14(19)18-5-4-13(20-7-6-18)11-8-10(16)2-3-12(11)17/h2-3,8-9,13H,4-7H2,1H3. The molecule has 0 spiro atoms. The molecule has 1 aromatic rings. The van der Waals surface area contributed by atoms with Crippen molar-refractivity contribution in [3.8, 4) is 0 Å². The highest BCUT2D eigenvalue weighted by molar-refractivity contribution is 7.99. The molecule has 1 heterocycles. The molecule has 20 heavy (non-hydrogen) atoms. The summed E-state index contributed by atoms with van der Waals surface area (Å²) in [5.74, 6) is -0.244. The second-order valence-corrected chi connectivity index (χ2v) is 6.72. The Balaban J connectivity index is 2.09. The molecule has 0 radical (unpaired) electrons. The van der Waals surface area contributed by atoms with Crippen LogP contribution in [0, 0.1) is 11.6 Å². The van der Waals surface area contributed by atoms with Crippen LogP contribution in [0.5, 0.6) is 0 Å². The molecular formula is C14H16ClF2NOS. The van der Waals surface area contributed by atoms with Crippen LogP contribution in [-0.2, 0) is 4.79 Å². The fourth-order valence-electron chi connectivity index (χ4n) is 2.25. The lowest BCUT2D eigenvalue weighted by Gasteiger charge is -2.21. The van der Waals surface area contributed by atoms with E-state index in [1.165, 1.54) is 6.07 Å². The molecule has 2 atom stereocenters. The maximum absolute atomic E-state index is 13.8. The van der Waals surface area contributed by atoms with Gasteiger partial charge in [-0.05, 0) is 31.5 Å². The highest BCUT2D eigenvalue weighted by atomic mass is 35.5. The van der Waals surface area contributed by atoms with Crippen LogP contribution in [0.25, 0.3) is 0 Å². The van der Waals surface area contributed by atoms with Gasteiger partial charge in [0.15, 0.2) is 0 Å². The molecule has 1 amide bonds. The van der Waals surface area contributed by atoms with E-state index in [9.17, 15) is 13.6 Å². The summed E-state index contributed by atoms with van der Waals surface area (Å²) in [4.78, 5) is 13.6. The number of amides is 1. The Morgan fingerprint density at radius 1 is 1.45 bits per heavy atom. The number of thioether (sulfide) groups is 1. The Morgan fingerprint density at radius 3 is 2.90 bits per heavy atom. The molecule has 0 bridgehead atoms. The quantitative estimate of drug-likeness (QED) is 0.776. The SMILES string of the molecule is CC(Cl)C(=O)N1CCSC(c2cc(F)ccc2F)CC1. The third kappa shape index (κ3) is 3.64. The first kappa shape index (κ1) is 15.6. The van der Waals surface area contributed by atoms with Crippen LogP contribution in [0.4, 0.5) is 8.78 Å². The van der Waals surface area contributed by atoms with Crippen LogP contribution in [0.3, 0.4) is 0 Å². The van der Waals surface area contributed by atoms with Crippen molar-refractivity contribution < 1.29 is 13.6 Å². The van der Waals surface area contributed by atoms with Crippen molar-refractivity contribution in [2.24, 2.45) is 0 Å². The summed E-state index contributed by atoms with van der Waals surface area (Å²) in [6.45, 7) is 2.75. The predicted octanol–water partition coefficient (Wildman–Crippen LogP) is 3.60. The third-order valence-electron chi connectivity index (χ3n) is 3.30. The first-order valence-corrected chi connectivity index (χ1v) is 7.97. The minimum Gasteiger partial charge on any atom is -0.341 e. The largest absolute Gasteiger partial charge is 0.341 e. The van der Waals surface area contributed by atoms with Gasteiger partial charge in [-0.2, -0.15) is 11.8 Å². The van der Waals surface area contributed by atoms with Gasteiger partial charge in [0.25, 0.3) is 0 Å². The third-order valence-corrected chi connectivity index (χ3v) is 4.80. The molecule has 2 unspecified atom stereocenters. The van der Waals surface area contributed by atoms with Crippen LogP contribution in [0.15, 0.2) is 18.2 Å². The monoisotopic (exact) mass is 319 g/mol. The molecule has 2 rings (SSSR count). The van der Waals surface area contributed by atoms with E-state index in [1.807, 2.05) is 0 Å². The molecular weight excluding hydrogens is 304 g/mol. The Morgan fingerprint density at radius 2 is 2.20 bits per heavy atom. The van der Waals surface area contributed by atoms with Gasteiger partial charge in [0.2, 0.25) is 5.91 Å². The molecule has 2 nitrogen and oxygen atoms in total. The summed E-state index contributed by atoms with van der Waals surface area (Å²) in [6.07, 6.45) is 0.598. The van der Waals surface area contributed by atoms with Crippen LogP contribution >= 0.6 is 23.4 Å². The molecule has 1 fully saturated rings. The number of rotatable bonds is 2. The van der Waals surface area contributed by atoms with E-state index in [0.29, 0.717) is 30.8 Å². The first-order chi connectivity index (χ1) is 9.49. The molecule has 0 aromatic heterocycles. The number of alkyl halides is 1. The van der Waals surface area contributed by atoms with E-state index < -0.39 is 17.0 Å². The number of benzene rings is 1. The zero-order valence-corrected chi connectivity index (χ0v) is 12.7.